The van der Waals surface area contributed by atoms with Crippen LogP contribution in [0.25, 0.3) is 0 Å². The van der Waals surface area contributed by atoms with Gasteiger partial charge in [-0.15, -0.1) is 0 Å². The number of hydrogen-bond acceptors (Lipinski definition) is 2. The van der Waals surface area contributed by atoms with Crippen LogP contribution in [0.1, 0.15) is 21.5 Å². The van der Waals surface area contributed by atoms with Crippen LogP contribution in [0, 0.1) is 0 Å². The van der Waals surface area contributed by atoms with Crippen molar-refractivity contribution < 1.29 is 23.1 Å². The summed E-state index contributed by atoms with van der Waals surface area (Å²) < 4.78 is 38.0. The number of anilines is 1. The first-order valence-corrected chi connectivity index (χ1v) is 6.58. The van der Waals surface area contributed by atoms with E-state index in [9.17, 15) is 18.0 Å². The van der Waals surface area contributed by atoms with E-state index in [1.807, 2.05) is 0 Å². The Labute approximate surface area is 129 Å². The summed E-state index contributed by atoms with van der Waals surface area (Å²) >= 11 is 5.87. The summed E-state index contributed by atoms with van der Waals surface area (Å²) in [5.41, 5.74) is 0.235. The van der Waals surface area contributed by atoms with Crippen LogP contribution in [0.3, 0.4) is 0 Å². The summed E-state index contributed by atoms with van der Waals surface area (Å²) in [4.78, 5) is 10.7. The Morgan fingerprint density at radius 3 is 2.32 bits per heavy atom. The minimum Gasteiger partial charge on any atom is -0.478 e. The summed E-state index contributed by atoms with van der Waals surface area (Å²) in [6, 6.07) is 9.04. The van der Waals surface area contributed by atoms with Crippen LogP contribution < -0.4 is 5.32 Å². The maximum Gasteiger partial charge on any atom is 0.416 e. The Balaban J connectivity index is 2.12. The molecule has 22 heavy (non-hydrogen) atoms. The standard InChI is InChI=1S/C15H11ClF3NO2/c16-12-6-5-11(15(17,18)19)7-13(12)20-8-9-1-3-10(4-2-9)14(21)22/h1-7,20H,8H2,(H,21,22). The number of alkyl halides is 3. The van der Waals surface area contributed by atoms with Crippen molar-refractivity contribution in [2.75, 3.05) is 5.32 Å². The Morgan fingerprint density at radius 1 is 1.14 bits per heavy atom. The number of carboxylic acids is 1. The molecular formula is C15H11ClF3NO2. The predicted molar refractivity (Wildman–Crippen MR) is 77.2 cm³/mol. The van der Waals surface area contributed by atoms with Gasteiger partial charge >= 0.3 is 12.1 Å². The van der Waals surface area contributed by atoms with Gasteiger partial charge in [0, 0.05) is 6.54 Å². The molecule has 0 aromatic heterocycles. The normalized spacial score (nSPS) is 11.3. The molecular weight excluding hydrogens is 319 g/mol. The van der Waals surface area contributed by atoms with E-state index in [1.54, 1.807) is 12.1 Å². The fourth-order valence-electron chi connectivity index (χ4n) is 1.80. The highest BCUT2D eigenvalue weighted by Gasteiger charge is 2.30. The van der Waals surface area contributed by atoms with Crippen LogP contribution >= 0.6 is 11.6 Å². The van der Waals surface area contributed by atoms with Crippen LogP contribution in [-0.4, -0.2) is 11.1 Å². The molecule has 0 radical (unpaired) electrons. The summed E-state index contributed by atoms with van der Waals surface area (Å²) in [6.45, 7) is 0.223. The molecule has 0 spiro atoms. The molecule has 0 aliphatic rings. The van der Waals surface area contributed by atoms with Gasteiger partial charge in [-0.25, -0.2) is 4.79 Å². The third-order valence-corrected chi connectivity index (χ3v) is 3.31. The first-order chi connectivity index (χ1) is 10.3. The number of benzene rings is 2. The second kappa shape index (κ2) is 6.27. The molecule has 3 nitrogen and oxygen atoms in total. The lowest BCUT2D eigenvalue weighted by Crippen LogP contribution is -2.07. The third kappa shape index (κ3) is 3.92. The lowest BCUT2D eigenvalue weighted by molar-refractivity contribution is -0.137. The molecule has 7 heteroatoms. The van der Waals surface area contributed by atoms with E-state index in [2.05, 4.69) is 5.32 Å². The van der Waals surface area contributed by atoms with E-state index in [-0.39, 0.29) is 22.8 Å². The topological polar surface area (TPSA) is 49.3 Å². The fraction of sp³-hybridized carbons (Fsp3) is 0.133. The number of rotatable bonds is 4. The van der Waals surface area contributed by atoms with Crippen molar-refractivity contribution in [1.82, 2.24) is 0 Å². The van der Waals surface area contributed by atoms with Crippen LogP contribution in [-0.2, 0) is 12.7 Å². The Morgan fingerprint density at radius 2 is 1.77 bits per heavy atom. The highest BCUT2D eigenvalue weighted by atomic mass is 35.5. The van der Waals surface area contributed by atoms with Gasteiger partial charge in [-0.05, 0) is 35.9 Å². The maximum atomic E-state index is 12.7. The highest BCUT2D eigenvalue weighted by Crippen LogP contribution is 2.33. The van der Waals surface area contributed by atoms with Gasteiger partial charge < -0.3 is 10.4 Å². The van der Waals surface area contributed by atoms with Gasteiger partial charge in [0.25, 0.3) is 0 Å². The average Bonchev–Trinajstić information content (AvgIpc) is 2.45. The molecule has 2 rings (SSSR count). The summed E-state index contributed by atoms with van der Waals surface area (Å²) in [6.07, 6.45) is -4.44. The van der Waals surface area contributed by atoms with Gasteiger partial charge in [0.05, 0.1) is 21.8 Å². The zero-order chi connectivity index (χ0) is 16.3. The number of halogens is 4. The van der Waals surface area contributed by atoms with Crippen LogP contribution in [0.4, 0.5) is 18.9 Å². The number of carboxylic acid groups (broad SMARTS) is 1. The van der Waals surface area contributed by atoms with E-state index < -0.39 is 17.7 Å². The molecule has 2 aromatic rings. The van der Waals surface area contributed by atoms with E-state index >= 15 is 0 Å². The van der Waals surface area contributed by atoms with Crippen molar-refractivity contribution in [3.63, 3.8) is 0 Å². The van der Waals surface area contributed by atoms with Crippen molar-refractivity contribution in [3.8, 4) is 0 Å². The molecule has 0 amide bonds. The molecule has 0 bridgehead atoms. The third-order valence-electron chi connectivity index (χ3n) is 2.98. The second-order valence-electron chi connectivity index (χ2n) is 4.55. The van der Waals surface area contributed by atoms with Crippen LogP contribution in [0.2, 0.25) is 5.02 Å². The average molecular weight is 330 g/mol. The van der Waals surface area contributed by atoms with Crippen molar-refractivity contribution in [2.24, 2.45) is 0 Å². The fourth-order valence-corrected chi connectivity index (χ4v) is 1.98. The first-order valence-electron chi connectivity index (χ1n) is 6.20. The molecule has 0 unspecified atom stereocenters. The summed E-state index contributed by atoms with van der Waals surface area (Å²) in [5, 5.41) is 11.8. The van der Waals surface area contributed by atoms with Crippen molar-refractivity contribution in [3.05, 3.63) is 64.2 Å². The largest absolute Gasteiger partial charge is 0.478 e. The number of nitrogens with one attached hydrogen (secondary N) is 1. The highest BCUT2D eigenvalue weighted by molar-refractivity contribution is 6.33. The zero-order valence-electron chi connectivity index (χ0n) is 11.1. The second-order valence-corrected chi connectivity index (χ2v) is 4.96. The van der Waals surface area contributed by atoms with E-state index in [0.29, 0.717) is 0 Å². The van der Waals surface area contributed by atoms with Crippen LogP contribution in [0.5, 0.6) is 0 Å². The molecule has 0 atom stereocenters. The SMILES string of the molecule is O=C(O)c1ccc(CNc2cc(C(F)(F)F)ccc2Cl)cc1. The van der Waals surface area contributed by atoms with Crippen LogP contribution in [0.15, 0.2) is 42.5 Å². The molecule has 0 fully saturated rings. The Kier molecular flexibility index (Phi) is 4.61. The number of carbonyl (C=O) groups is 1. The van der Waals surface area contributed by atoms with Gasteiger partial charge in [0.1, 0.15) is 0 Å². The van der Waals surface area contributed by atoms with Crippen molar-refractivity contribution in [1.29, 1.82) is 0 Å². The Bertz CT molecular complexity index is 684. The quantitative estimate of drug-likeness (QED) is 0.857. The molecule has 2 aromatic carbocycles. The molecule has 0 aliphatic heterocycles. The number of hydrogen-bond donors (Lipinski definition) is 2. The number of aromatic carboxylic acids is 1. The van der Waals surface area contributed by atoms with E-state index in [4.69, 9.17) is 16.7 Å². The van der Waals surface area contributed by atoms with Gasteiger partial charge in [0.2, 0.25) is 0 Å². The summed E-state index contributed by atoms with van der Waals surface area (Å²) in [5.74, 6) is -1.04. The first kappa shape index (κ1) is 16.2. The van der Waals surface area contributed by atoms with Gasteiger partial charge in [-0.3, -0.25) is 0 Å². The van der Waals surface area contributed by atoms with E-state index in [1.165, 1.54) is 18.2 Å². The molecule has 0 aliphatic carbocycles. The lowest BCUT2D eigenvalue weighted by atomic mass is 10.1. The monoisotopic (exact) mass is 329 g/mol. The van der Waals surface area contributed by atoms with E-state index in [0.717, 1.165) is 17.7 Å². The minimum atomic E-state index is -4.44. The van der Waals surface area contributed by atoms with Crippen molar-refractivity contribution >= 4 is 23.3 Å². The molecule has 0 saturated carbocycles. The molecule has 116 valence electrons. The maximum absolute atomic E-state index is 12.7. The smallest absolute Gasteiger partial charge is 0.416 e. The Hall–Kier alpha value is -2.21. The van der Waals surface area contributed by atoms with Gasteiger partial charge in [-0.1, -0.05) is 23.7 Å². The zero-order valence-corrected chi connectivity index (χ0v) is 11.9. The van der Waals surface area contributed by atoms with Crippen molar-refractivity contribution in [2.45, 2.75) is 12.7 Å². The minimum absolute atomic E-state index is 0.140. The van der Waals surface area contributed by atoms with Gasteiger partial charge in [0.15, 0.2) is 0 Å². The molecule has 2 N–H and O–H groups in total. The lowest BCUT2D eigenvalue weighted by Gasteiger charge is -2.12. The predicted octanol–water partition coefficient (Wildman–Crippen LogP) is 4.67. The summed E-state index contributed by atoms with van der Waals surface area (Å²) in [7, 11) is 0. The van der Waals surface area contributed by atoms with Gasteiger partial charge in [-0.2, -0.15) is 13.2 Å². The molecule has 0 heterocycles. The molecule has 0 saturated heterocycles.